The molecule has 2 aromatic heterocycles. The van der Waals surface area contributed by atoms with Gasteiger partial charge in [-0.25, -0.2) is 4.98 Å². The van der Waals surface area contributed by atoms with Crippen molar-refractivity contribution in [3.63, 3.8) is 0 Å². The number of hydrogen-bond donors (Lipinski definition) is 2. The number of aromatic nitrogens is 2. The lowest BCUT2D eigenvalue weighted by atomic mass is 10.1. The predicted octanol–water partition coefficient (Wildman–Crippen LogP) is 2.46. The van der Waals surface area contributed by atoms with Gasteiger partial charge in [-0.15, -0.1) is 11.3 Å². The largest absolute Gasteiger partial charge is 0.343 e. The fourth-order valence-electron chi connectivity index (χ4n) is 2.39. The average molecular weight is 384 g/mol. The van der Waals surface area contributed by atoms with Crippen LogP contribution in [0.25, 0.3) is 11.3 Å². The Balaban J connectivity index is 1.55. The number of nitrogens with one attached hydrogen (secondary N) is 2. The predicted molar refractivity (Wildman–Crippen MR) is 103 cm³/mol. The highest BCUT2D eigenvalue weighted by Gasteiger charge is 2.14. The van der Waals surface area contributed by atoms with Gasteiger partial charge in [0.1, 0.15) is 4.87 Å². The summed E-state index contributed by atoms with van der Waals surface area (Å²) in [7, 11) is 1.31. The van der Waals surface area contributed by atoms with Gasteiger partial charge in [0.2, 0.25) is 13.0 Å². The van der Waals surface area contributed by atoms with Crippen LogP contribution in [0.5, 0.6) is 0 Å². The van der Waals surface area contributed by atoms with Crippen molar-refractivity contribution < 1.29 is 14.5 Å². The van der Waals surface area contributed by atoms with Gasteiger partial charge in [0, 0.05) is 10.9 Å². The normalized spacial score (nSPS) is 10.4. The minimum absolute atomic E-state index is 0.198. The molecule has 3 rings (SSSR count). The van der Waals surface area contributed by atoms with Crippen molar-refractivity contribution in [3.8, 4) is 11.3 Å². The van der Waals surface area contributed by atoms with E-state index in [2.05, 4.69) is 15.6 Å². The van der Waals surface area contributed by atoms with Gasteiger partial charge in [-0.2, -0.15) is 0 Å². The molecule has 0 fully saturated rings. The fraction of sp³-hybridized carbons (Fsp3) is 0.167. The van der Waals surface area contributed by atoms with Crippen molar-refractivity contribution in [1.82, 2.24) is 15.0 Å². The number of nitrogens with zero attached hydrogens (tertiary/aromatic N) is 3. The van der Waals surface area contributed by atoms with E-state index in [0.717, 1.165) is 16.8 Å². The van der Waals surface area contributed by atoms with Crippen LogP contribution < -0.4 is 10.6 Å². The third kappa shape index (κ3) is 4.64. The van der Waals surface area contributed by atoms with E-state index in [1.54, 1.807) is 0 Å². The topological polar surface area (TPSA) is 96.1 Å². The second-order valence-electron chi connectivity index (χ2n) is 5.88. The van der Waals surface area contributed by atoms with Crippen LogP contribution in [0.4, 0.5) is 5.13 Å². The molecule has 9 heteroatoms. The summed E-state index contributed by atoms with van der Waals surface area (Å²) in [6, 6.07) is 9.43. The average Bonchev–Trinajstić information content (AvgIpc) is 3.29. The van der Waals surface area contributed by atoms with Gasteiger partial charge in [-0.1, -0.05) is 28.4 Å². The molecule has 0 atom stereocenters. The molecule has 3 aromatic rings. The molecule has 138 valence electrons. The Morgan fingerprint density at radius 2 is 2.11 bits per heavy atom. The number of anilines is 1. The van der Waals surface area contributed by atoms with Crippen molar-refractivity contribution in [2.45, 2.75) is 6.92 Å². The second kappa shape index (κ2) is 7.92. The molecule has 8 nitrogen and oxygen atoms in total. The molecule has 0 saturated carbocycles. The second-order valence-corrected chi connectivity index (χ2v) is 6.74. The number of benzene rings is 1. The van der Waals surface area contributed by atoms with E-state index in [4.69, 9.17) is 0 Å². The van der Waals surface area contributed by atoms with E-state index in [9.17, 15) is 14.5 Å². The van der Waals surface area contributed by atoms with Gasteiger partial charge in [-0.05, 0) is 19.1 Å². The highest BCUT2D eigenvalue weighted by Crippen LogP contribution is 2.25. The van der Waals surface area contributed by atoms with E-state index >= 15 is 0 Å². The lowest BCUT2D eigenvalue weighted by Gasteiger charge is -2.03. The summed E-state index contributed by atoms with van der Waals surface area (Å²) in [4.78, 5) is 40.2. The maximum atomic E-state index is 12.0. The summed E-state index contributed by atoms with van der Waals surface area (Å²) in [6.45, 7) is 1.81. The molecule has 2 N–H and O–H groups in total. The first kappa shape index (κ1) is 18.5. The van der Waals surface area contributed by atoms with Crippen LogP contribution in [-0.4, -0.2) is 39.9 Å². The highest BCUT2D eigenvalue weighted by molar-refractivity contribution is 7.14. The molecular weight excluding hydrogens is 366 g/mol. The maximum Gasteiger partial charge on any atom is 0.253 e. The summed E-state index contributed by atoms with van der Waals surface area (Å²) >= 11 is 1.32. The fourth-order valence-corrected chi connectivity index (χ4v) is 3.12. The van der Waals surface area contributed by atoms with Crippen LogP contribution in [0.2, 0.25) is 0 Å². The first-order chi connectivity index (χ1) is 12.9. The summed E-state index contributed by atoms with van der Waals surface area (Å²) in [6.07, 6.45) is 2.85. The number of rotatable bonds is 6. The van der Waals surface area contributed by atoms with Crippen LogP contribution in [0.1, 0.15) is 15.9 Å². The Hall–Kier alpha value is -3.33. The third-order valence-corrected chi connectivity index (χ3v) is 4.50. The van der Waals surface area contributed by atoms with Crippen molar-refractivity contribution in [3.05, 3.63) is 64.1 Å². The van der Waals surface area contributed by atoms with E-state index in [0.29, 0.717) is 15.6 Å². The summed E-state index contributed by atoms with van der Waals surface area (Å²) in [5.74, 6) is -0.820. The Morgan fingerprint density at radius 1 is 1.30 bits per heavy atom. The molecule has 27 heavy (non-hydrogen) atoms. The van der Waals surface area contributed by atoms with Gasteiger partial charge in [-0.3, -0.25) is 9.59 Å². The van der Waals surface area contributed by atoms with Crippen LogP contribution in [-0.2, 0) is 4.79 Å². The van der Waals surface area contributed by atoms with Crippen LogP contribution >= 0.6 is 11.3 Å². The Kier molecular flexibility index (Phi) is 5.41. The SMILES string of the molecule is Cc1cccc(-c2csc(NC(=O)CNC(=O)c3ccn([N+](C)=O)c3)n2)c1. The lowest BCUT2D eigenvalue weighted by Crippen LogP contribution is -2.32. The van der Waals surface area contributed by atoms with Crippen molar-refractivity contribution in [1.29, 1.82) is 0 Å². The first-order valence-electron chi connectivity index (χ1n) is 8.12. The molecule has 0 spiro atoms. The molecule has 0 unspecified atom stereocenters. The number of hydrogen-bond acceptors (Lipinski definition) is 5. The molecule has 0 radical (unpaired) electrons. The van der Waals surface area contributed by atoms with Crippen molar-refractivity contribution in [2.24, 2.45) is 0 Å². The number of carbonyl (C=O) groups is 2. The molecule has 0 aliphatic rings. The van der Waals surface area contributed by atoms with Crippen LogP contribution in [0, 0.1) is 11.8 Å². The number of nitroso groups, excluding NO2 is 1. The van der Waals surface area contributed by atoms with Gasteiger partial charge in [0.15, 0.2) is 5.13 Å². The maximum absolute atomic E-state index is 12.0. The van der Waals surface area contributed by atoms with E-state index < -0.39 is 5.91 Å². The number of carbonyl (C=O) groups excluding carboxylic acids is 2. The number of thiazole rings is 1. The zero-order chi connectivity index (χ0) is 19.4. The molecule has 1 aromatic carbocycles. The number of amides is 2. The van der Waals surface area contributed by atoms with Crippen LogP contribution in [0.3, 0.4) is 0 Å². The molecule has 0 aliphatic heterocycles. The Bertz CT molecular complexity index is 1010. The van der Waals surface area contributed by atoms with Crippen molar-refractivity contribution in [2.75, 3.05) is 18.9 Å². The van der Waals surface area contributed by atoms with E-state index in [-0.39, 0.29) is 12.5 Å². The number of aryl methyl sites for hydroxylation is 1. The summed E-state index contributed by atoms with van der Waals surface area (Å²) in [5, 5.41) is 7.51. The highest BCUT2D eigenvalue weighted by atomic mass is 32.1. The van der Waals surface area contributed by atoms with E-state index in [1.165, 1.54) is 41.5 Å². The molecule has 2 amide bonds. The van der Waals surface area contributed by atoms with Gasteiger partial charge in [0.05, 0.1) is 35.1 Å². The lowest BCUT2D eigenvalue weighted by molar-refractivity contribution is -0.578. The quantitative estimate of drug-likeness (QED) is 0.638. The molecule has 0 aliphatic carbocycles. The first-order valence-corrected chi connectivity index (χ1v) is 9.00. The molecular formula is C18H18N5O3S+. The molecule has 0 saturated heterocycles. The third-order valence-electron chi connectivity index (χ3n) is 3.74. The van der Waals surface area contributed by atoms with Gasteiger partial charge in [0.25, 0.3) is 5.91 Å². The standard InChI is InChI=1S/C18H17N5O3S/c1-12-4-3-5-13(8-12)15-11-27-18(20-15)21-16(24)9-19-17(25)14-6-7-23(10-14)22(2)26/h3-8,10-11H,9H2,1-2H3,(H-,19,20,21,24,25)/p+1. The Morgan fingerprint density at radius 3 is 2.81 bits per heavy atom. The molecule has 2 heterocycles. The minimum Gasteiger partial charge on any atom is -0.343 e. The minimum atomic E-state index is -0.440. The monoisotopic (exact) mass is 384 g/mol. The van der Waals surface area contributed by atoms with Gasteiger partial charge >= 0.3 is 0 Å². The zero-order valence-electron chi connectivity index (χ0n) is 14.8. The Labute approximate surface area is 159 Å². The summed E-state index contributed by atoms with van der Waals surface area (Å²) < 4.78 is 1.22. The smallest absolute Gasteiger partial charge is 0.253 e. The molecule has 0 bridgehead atoms. The zero-order valence-corrected chi connectivity index (χ0v) is 15.6. The van der Waals surface area contributed by atoms with Gasteiger partial charge < -0.3 is 10.6 Å². The van der Waals surface area contributed by atoms with E-state index in [1.807, 2.05) is 36.6 Å². The summed E-state index contributed by atoms with van der Waals surface area (Å²) in [5.41, 5.74) is 3.19. The van der Waals surface area contributed by atoms with Crippen LogP contribution in [0.15, 0.2) is 48.1 Å². The van der Waals surface area contributed by atoms with Crippen molar-refractivity contribution >= 4 is 28.3 Å².